The van der Waals surface area contributed by atoms with Gasteiger partial charge in [0, 0.05) is 17.7 Å². The van der Waals surface area contributed by atoms with Crippen molar-refractivity contribution >= 4 is 16.9 Å². The van der Waals surface area contributed by atoms with Crippen LogP contribution in [0.5, 0.6) is 11.5 Å². The molecule has 25 heavy (non-hydrogen) atoms. The number of nitrogens with zero attached hydrogens (tertiary/aromatic N) is 1. The molecule has 130 valence electrons. The second-order valence-corrected chi connectivity index (χ2v) is 5.73. The zero-order valence-corrected chi connectivity index (χ0v) is 14.6. The first-order valence-corrected chi connectivity index (χ1v) is 8.06. The van der Waals surface area contributed by atoms with Crippen molar-refractivity contribution in [2.45, 2.75) is 13.3 Å². The molecule has 0 fully saturated rings. The molecule has 0 saturated carbocycles. The van der Waals surface area contributed by atoms with Gasteiger partial charge in [0.15, 0.2) is 0 Å². The number of H-pyrrole nitrogens is 1. The maximum atomic E-state index is 12.3. The Balaban J connectivity index is 1.66. The Bertz CT molecular complexity index is 902. The fourth-order valence-corrected chi connectivity index (χ4v) is 2.92. The number of hydrogen-bond acceptors (Lipinski definition) is 4. The van der Waals surface area contributed by atoms with E-state index < -0.39 is 0 Å². The molecule has 1 aromatic heterocycles. The molecule has 1 amide bonds. The molecular formula is C19H21N3O3. The lowest BCUT2D eigenvalue weighted by molar-refractivity contribution is 0.0954. The summed E-state index contributed by atoms with van der Waals surface area (Å²) in [5.41, 5.74) is 4.29. The Hall–Kier alpha value is -3.02. The molecule has 6 heteroatoms. The highest BCUT2D eigenvalue weighted by Gasteiger charge is 2.12. The molecule has 2 aromatic carbocycles. The minimum atomic E-state index is -0.110. The van der Waals surface area contributed by atoms with Crippen molar-refractivity contribution in [3.8, 4) is 11.5 Å². The first kappa shape index (κ1) is 16.8. The monoisotopic (exact) mass is 339 g/mol. The second-order valence-electron chi connectivity index (χ2n) is 5.73. The number of aromatic amines is 1. The van der Waals surface area contributed by atoms with Crippen molar-refractivity contribution in [1.82, 2.24) is 15.3 Å². The fraction of sp³-hybridized carbons (Fsp3) is 0.263. The van der Waals surface area contributed by atoms with Crippen molar-refractivity contribution < 1.29 is 14.3 Å². The van der Waals surface area contributed by atoms with Gasteiger partial charge in [0.05, 0.1) is 31.6 Å². The third kappa shape index (κ3) is 3.42. The zero-order valence-electron chi connectivity index (χ0n) is 14.6. The summed E-state index contributed by atoms with van der Waals surface area (Å²) < 4.78 is 10.8. The Morgan fingerprint density at radius 2 is 2.04 bits per heavy atom. The van der Waals surface area contributed by atoms with Crippen LogP contribution in [0.3, 0.4) is 0 Å². The topological polar surface area (TPSA) is 76.2 Å². The van der Waals surface area contributed by atoms with Crippen LogP contribution in [0.4, 0.5) is 0 Å². The number of carbonyl (C=O) groups excluding carboxylic acids is 1. The van der Waals surface area contributed by atoms with E-state index in [0.717, 1.165) is 33.7 Å². The lowest BCUT2D eigenvalue weighted by atomic mass is 10.1. The van der Waals surface area contributed by atoms with Crippen LogP contribution in [0.2, 0.25) is 0 Å². The summed E-state index contributed by atoms with van der Waals surface area (Å²) in [5.74, 6) is 1.48. The number of nitrogens with one attached hydrogen (secondary N) is 2. The number of fused-ring (bicyclic) bond motifs is 1. The van der Waals surface area contributed by atoms with Crippen LogP contribution in [0.15, 0.2) is 36.7 Å². The first-order valence-electron chi connectivity index (χ1n) is 8.06. The number of imidazole rings is 1. The summed E-state index contributed by atoms with van der Waals surface area (Å²) in [4.78, 5) is 19.5. The van der Waals surface area contributed by atoms with Gasteiger partial charge in [0.1, 0.15) is 11.5 Å². The van der Waals surface area contributed by atoms with Gasteiger partial charge in [0.25, 0.3) is 5.91 Å². The predicted molar refractivity (Wildman–Crippen MR) is 96.4 cm³/mol. The van der Waals surface area contributed by atoms with Gasteiger partial charge < -0.3 is 19.8 Å². The average molecular weight is 339 g/mol. The minimum absolute atomic E-state index is 0.110. The van der Waals surface area contributed by atoms with Crippen molar-refractivity contribution in [1.29, 1.82) is 0 Å². The number of amides is 1. The van der Waals surface area contributed by atoms with Gasteiger partial charge in [-0.1, -0.05) is 6.07 Å². The second kappa shape index (κ2) is 7.25. The summed E-state index contributed by atoms with van der Waals surface area (Å²) in [6, 6.07) is 9.29. The van der Waals surface area contributed by atoms with Crippen LogP contribution in [0.25, 0.3) is 11.0 Å². The van der Waals surface area contributed by atoms with Crippen LogP contribution in [0.1, 0.15) is 21.5 Å². The molecule has 3 aromatic rings. The van der Waals surface area contributed by atoms with Gasteiger partial charge in [-0.3, -0.25) is 4.79 Å². The van der Waals surface area contributed by atoms with Gasteiger partial charge in [-0.05, 0) is 43.2 Å². The van der Waals surface area contributed by atoms with Crippen molar-refractivity contribution in [3.63, 3.8) is 0 Å². The van der Waals surface area contributed by atoms with Gasteiger partial charge in [-0.25, -0.2) is 4.98 Å². The Kier molecular flexibility index (Phi) is 4.88. The van der Waals surface area contributed by atoms with E-state index in [0.29, 0.717) is 18.5 Å². The molecule has 0 atom stereocenters. The quantitative estimate of drug-likeness (QED) is 0.724. The molecule has 0 radical (unpaired) electrons. The Labute approximate surface area is 146 Å². The molecule has 0 unspecified atom stereocenters. The highest BCUT2D eigenvalue weighted by Crippen LogP contribution is 2.31. The van der Waals surface area contributed by atoms with Crippen LogP contribution < -0.4 is 14.8 Å². The molecule has 0 spiro atoms. The van der Waals surface area contributed by atoms with E-state index >= 15 is 0 Å². The number of aromatic nitrogens is 2. The third-order valence-electron chi connectivity index (χ3n) is 4.22. The van der Waals surface area contributed by atoms with E-state index in [1.807, 2.05) is 25.1 Å². The standard InChI is InChI=1S/C19H21N3O3/c1-12-17(24-2)7-5-13(18(12)25-3)8-9-20-19(23)14-4-6-15-16(10-14)22-11-21-15/h4-7,10-11H,8-9H2,1-3H3,(H,20,23)(H,21,22). The van der Waals surface area contributed by atoms with E-state index in [2.05, 4.69) is 15.3 Å². The molecule has 6 nitrogen and oxygen atoms in total. The van der Waals surface area contributed by atoms with Gasteiger partial charge >= 0.3 is 0 Å². The van der Waals surface area contributed by atoms with Crippen molar-refractivity contribution in [2.75, 3.05) is 20.8 Å². The normalized spacial score (nSPS) is 10.7. The SMILES string of the molecule is COc1ccc(CCNC(=O)c2ccc3nc[nH]c3c2)c(OC)c1C. The van der Waals surface area contributed by atoms with Crippen LogP contribution in [-0.2, 0) is 6.42 Å². The van der Waals surface area contributed by atoms with Crippen LogP contribution in [0, 0.1) is 6.92 Å². The highest BCUT2D eigenvalue weighted by molar-refractivity contribution is 5.97. The molecule has 0 saturated heterocycles. The zero-order chi connectivity index (χ0) is 17.8. The largest absolute Gasteiger partial charge is 0.496 e. The van der Waals surface area contributed by atoms with Gasteiger partial charge in [-0.2, -0.15) is 0 Å². The minimum Gasteiger partial charge on any atom is -0.496 e. The predicted octanol–water partition coefficient (Wildman–Crippen LogP) is 2.86. The van der Waals surface area contributed by atoms with Gasteiger partial charge in [0.2, 0.25) is 0 Å². The summed E-state index contributed by atoms with van der Waals surface area (Å²) in [7, 11) is 3.28. The third-order valence-corrected chi connectivity index (χ3v) is 4.22. The Morgan fingerprint density at radius 1 is 1.20 bits per heavy atom. The van der Waals surface area contributed by atoms with Gasteiger partial charge in [-0.15, -0.1) is 0 Å². The Morgan fingerprint density at radius 3 is 2.80 bits per heavy atom. The lowest BCUT2D eigenvalue weighted by Gasteiger charge is -2.14. The molecule has 2 N–H and O–H groups in total. The maximum Gasteiger partial charge on any atom is 0.251 e. The molecule has 0 aliphatic rings. The lowest BCUT2D eigenvalue weighted by Crippen LogP contribution is -2.25. The summed E-state index contributed by atoms with van der Waals surface area (Å²) in [5, 5.41) is 2.94. The molecule has 1 heterocycles. The number of benzene rings is 2. The van der Waals surface area contributed by atoms with E-state index in [9.17, 15) is 4.79 Å². The fourth-order valence-electron chi connectivity index (χ4n) is 2.92. The van der Waals surface area contributed by atoms with Crippen LogP contribution >= 0.6 is 0 Å². The first-order chi connectivity index (χ1) is 12.1. The smallest absolute Gasteiger partial charge is 0.251 e. The van der Waals surface area contributed by atoms with E-state index in [-0.39, 0.29) is 5.91 Å². The molecule has 0 aliphatic carbocycles. The van der Waals surface area contributed by atoms with Crippen LogP contribution in [-0.4, -0.2) is 36.6 Å². The maximum absolute atomic E-state index is 12.3. The number of methoxy groups -OCH3 is 2. The summed E-state index contributed by atoms with van der Waals surface area (Å²) >= 11 is 0. The number of ether oxygens (including phenoxy) is 2. The van der Waals surface area contributed by atoms with Crippen molar-refractivity contribution in [2.24, 2.45) is 0 Å². The molecule has 0 aliphatic heterocycles. The number of carbonyl (C=O) groups is 1. The summed E-state index contributed by atoms with van der Waals surface area (Å²) in [6.07, 6.45) is 2.29. The number of hydrogen-bond donors (Lipinski definition) is 2. The van der Waals surface area contributed by atoms with E-state index in [1.165, 1.54) is 0 Å². The average Bonchev–Trinajstić information content (AvgIpc) is 3.09. The molecular weight excluding hydrogens is 318 g/mol. The van der Waals surface area contributed by atoms with E-state index in [1.54, 1.807) is 32.7 Å². The number of rotatable bonds is 6. The molecule has 0 bridgehead atoms. The van der Waals surface area contributed by atoms with E-state index in [4.69, 9.17) is 9.47 Å². The highest BCUT2D eigenvalue weighted by atomic mass is 16.5. The van der Waals surface area contributed by atoms with Crippen molar-refractivity contribution in [3.05, 3.63) is 53.3 Å². The summed E-state index contributed by atoms with van der Waals surface area (Å²) in [6.45, 7) is 2.47. The molecule has 3 rings (SSSR count).